The first-order chi connectivity index (χ1) is 8.83. The minimum Gasteiger partial charge on any atom is -0.424 e. The first-order valence-corrected chi connectivity index (χ1v) is 6.70. The minimum atomic E-state index is 0.347. The van der Waals surface area contributed by atoms with Crippen LogP contribution in [0.5, 0.6) is 0 Å². The Kier molecular flexibility index (Phi) is 2.98. The van der Waals surface area contributed by atoms with Crippen LogP contribution in [0.4, 0.5) is 6.01 Å². The van der Waals surface area contributed by atoms with Crippen molar-refractivity contribution >= 4 is 28.5 Å². The van der Waals surface area contributed by atoms with Crippen molar-refractivity contribution in [2.45, 2.75) is 12.8 Å². The lowest BCUT2D eigenvalue weighted by atomic mass is 10.2. The van der Waals surface area contributed by atoms with E-state index in [9.17, 15) is 0 Å². The summed E-state index contributed by atoms with van der Waals surface area (Å²) in [6, 6.07) is 8.31. The number of benzene rings is 1. The quantitative estimate of drug-likeness (QED) is 0.779. The molecule has 92 valence electrons. The van der Waals surface area contributed by atoms with Crippen LogP contribution in [-0.4, -0.2) is 16.5 Å². The molecule has 2 heterocycles. The lowest BCUT2D eigenvalue weighted by molar-refractivity contribution is 0.608. The zero-order valence-corrected chi connectivity index (χ0v) is 10.8. The van der Waals surface area contributed by atoms with Gasteiger partial charge in [-0.3, -0.25) is 0 Å². The van der Waals surface area contributed by atoms with Crippen LogP contribution < -0.4 is 5.32 Å². The average Bonchev–Trinajstić information content (AvgIpc) is 3.04. The van der Waals surface area contributed by atoms with E-state index in [-0.39, 0.29) is 0 Å². The molecule has 1 atom stereocenters. The molecule has 1 unspecified atom stereocenters. The molecular formula is C13H13N3OS. The molecule has 0 radical (unpaired) electrons. The molecule has 5 heteroatoms. The molecule has 0 spiro atoms. The number of rotatable bonds is 4. The Balaban J connectivity index is 1.69. The number of thiazole rings is 1. The van der Waals surface area contributed by atoms with Crippen molar-refractivity contribution in [2.24, 2.45) is 0 Å². The lowest BCUT2D eigenvalue weighted by Gasteiger charge is -2.07. The van der Waals surface area contributed by atoms with Crippen molar-refractivity contribution in [2.75, 3.05) is 11.9 Å². The first-order valence-electron chi connectivity index (χ1n) is 5.82. The van der Waals surface area contributed by atoms with Gasteiger partial charge in [0, 0.05) is 24.0 Å². The highest BCUT2D eigenvalue weighted by Crippen LogP contribution is 2.21. The standard InChI is InChI=1S/C13H13N3OS/c1-9(12-14-6-7-18-12)8-15-13-16-10-4-2-3-5-11(10)17-13/h2-7,9H,8H2,1H3,(H,15,16). The van der Waals surface area contributed by atoms with Crippen LogP contribution >= 0.6 is 11.3 Å². The van der Waals surface area contributed by atoms with Gasteiger partial charge in [-0.1, -0.05) is 19.1 Å². The van der Waals surface area contributed by atoms with Crippen LogP contribution in [0, 0.1) is 0 Å². The Morgan fingerprint density at radius 3 is 3.06 bits per heavy atom. The first kappa shape index (κ1) is 11.2. The molecule has 1 N–H and O–H groups in total. The summed E-state index contributed by atoms with van der Waals surface area (Å²) >= 11 is 1.67. The van der Waals surface area contributed by atoms with Crippen LogP contribution in [0.25, 0.3) is 11.1 Å². The summed E-state index contributed by atoms with van der Waals surface area (Å²) in [5.41, 5.74) is 1.68. The molecule has 0 bridgehead atoms. The molecule has 1 aromatic carbocycles. The smallest absolute Gasteiger partial charge is 0.295 e. The van der Waals surface area contributed by atoms with Crippen molar-refractivity contribution in [1.82, 2.24) is 9.97 Å². The predicted molar refractivity (Wildman–Crippen MR) is 73.0 cm³/mol. The fourth-order valence-electron chi connectivity index (χ4n) is 1.75. The van der Waals surface area contributed by atoms with Gasteiger partial charge in [-0.15, -0.1) is 11.3 Å². The van der Waals surface area contributed by atoms with Gasteiger partial charge in [0.2, 0.25) is 0 Å². The molecule has 0 aliphatic heterocycles. The van der Waals surface area contributed by atoms with Gasteiger partial charge in [-0.25, -0.2) is 4.98 Å². The van der Waals surface area contributed by atoms with Crippen LogP contribution in [0.3, 0.4) is 0 Å². The highest BCUT2D eigenvalue weighted by molar-refractivity contribution is 7.09. The molecule has 0 amide bonds. The molecule has 18 heavy (non-hydrogen) atoms. The third-order valence-electron chi connectivity index (χ3n) is 2.73. The minimum absolute atomic E-state index is 0.347. The maximum absolute atomic E-state index is 5.60. The van der Waals surface area contributed by atoms with Gasteiger partial charge in [0.1, 0.15) is 5.52 Å². The molecule has 3 rings (SSSR count). The molecule has 0 saturated heterocycles. The van der Waals surface area contributed by atoms with Crippen LogP contribution in [0.15, 0.2) is 40.3 Å². The van der Waals surface area contributed by atoms with E-state index in [1.807, 2.05) is 35.8 Å². The van der Waals surface area contributed by atoms with Crippen molar-refractivity contribution < 1.29 is 4.42 Å². The molecule has 0 aliphatic carbocycles. The second kappa shape index (κ2) is 4.78. The number of hydrogen-bond donors (Lipinski definition) is 1. The number of anilines is 1. The monoisotopic (exact) mass is 259 g/mol. The lowest BCUT2D eigenvalue weighted by Crippen LogP contribution is -2.09. The normalized spacial score (nSPS) is 12.7. The zero-order chi connectivity index (χ0) is 12.4. The number of para-hydroxylation sites is 2. The van der Waals surface area contributed by atoms with Crippen molar-refractivity contribution in [3.63, 3.8) is 0 Å². The Hall–Kier alpha value is -1.88. The molecular weight excluding hydrogens is 246 g/mol. The molecule has 3 aromatic rings. The molecule has 0 aliphatic rings. The van der Waals surface area contributed by atoms with E-state index < -0.39 is 0 Å². The second-order valence-electron chi connectivity index (χ2n) is 4.14. The van der Waals surface area contributed by atoms with Gasteiger partial charge in [-0.05, 0) is 12.1 Å². The van der Waals surface area contributed by atoms with Crippen molar-refractivity contribution in [3.05, 3.63) is 40.8 Å². The van der Waals surface area contributed by atoms with Gasteiger partial charge in [0.05, 0.1) is 5.01 Å². The Labute approximate surface area is 109 Å². The Morgan fingerprint density at radius 1 is 1.39 bits per heavy atom. The third kappa shape index (κ3) is 2.22. The van der Waals surface area contributed by atoms with E-state index in [4.69, 9.17) is 4.42 Å². The van der Waals surface area contributed by atoms with Gasteiger partial charge < -0.3 is 9.73 Å². The predicted octanol–water partition coefficient (Wildman–Crippen LogP) is 3.50. The zero-order valence-electron chi connectivity index (χ0n) is 9.96. The van der Waals surface area contributed by atoms with Crippen molar-refractivity contribution in [3.8, 4) is 0 Å². The Morgan fingerprint density at radius 2 is 2.28 bits per heavy atom. The third-order valence-corrected chi connectivity index (χ3v) is 3.73. The van der Waals surface area contributed by atoms with Crippen molar-refractivity contribution in [1.29, 1.82) is 0 Å². The number of nitrogens with zero attached hydrogens (tertiary/aromatic N) is 2. The molecule has 2 aromatic heterocycles. The van der Waals surface area contributed by atoms with E-state index in [1.165, 1.54) is 0 Å². The highest BCUT2D eigenvalue weighted by atomic mass is 32.1. The SMILES string of the molecule is CC(CNc1nc2ccccc2o1)c1nccs1. The van der Waals surface area contributed by atoms with Gasteiger partial charge in [-0.2, -0.15) is 4.98 Å². The number of fused-ring (bicyclic) bond motifs is 1. The van der Waals surface area contributed by atoms with E-state index in [0.717, 1.165) is 22.7 Å². The van der Waals surface area contributed by atoms with Crippen LogP contribution in [-0.2, 0) is 0 Å². The fourth-order valence-corrected chi connectivity index (χ4v) is 2.45. The van der Waals surface area contributed by atoms with Gasteiger partial charge >= 0.3 is 0 Å². The number of nitrogens with one attached hydrogen (secondary N) is 1. The molecule has 4 nitrogen and oxygen atoms in total. The van der Waals surface area contributed by atoms with E-state index in [2.05, 4.69) is 22.2 Å². The summed E-state index contributed by atoms with van der Waals surface area (Å²) in [5.74, 6) is 0.347. The maximum Gasteiger partial charge on any atom is 0.295 e. The second-order valence-corrected chi connectivity index (χ2v) is 5.07. The summed E-state index contributed by atoms with van der Waals surface area (Å²) in [6.45, 7) is 2.90. The van der Waals surface area contributed by atoms with Gasteiger partial charge in [0.25, 0.3) is 6.01 Å². The summed E-state index contributed by atoms with van der Waals surface area (Å²) in [4.78, 5) is 8.67. The highest BCUT2D eigenvalue weighted by Gasteiger charge is 2.10. The Bertz CT molecular complexity index is 600. The molecule has 0 saturated carbocycles. The summed E-state index contributed by atoms with van der Waals surface area (Å²) < 4.78 is 5.60. The number of aromatic nitrogens is 2. The van der Waals surface area contributed by atoms with Crippen LogP contribution in [0.1, 0.15) is 17.8 Å². The average molecular weight is 259 g/mol. The fraction of sp³-hybridized carbons (Fsp3) is 0.231. The maximum atomic E-state index is 5.60. The number of hydrogen-bond acceptors (Lipinski definition) is 5. The van der Waals surface area contributed by atoms with E-state index in [1.54, 1.807) is 11.3 Å². The van der Waals surface area contributed by atoms with Gasteiger partial charge in [0.15, 0.2) is 5.58 Å². The van der Waals surface area contributed by atoms with Crippen LogP contribution in [0.2, 0.25) is 0 Å². The number of oxazole rings is 1. The molecule has 0 fully saturated rings. The summed E-state index contributed by atoms with van der Waals surface area (Å²) in [5, 5.41) is 6.33. The summed E-state index contributed by atoms with van der Waals surface area (Å²) in [6.07, 6.45) is 1.83. The van der Waals surface area contributed by atoms with E-state index in [0.29, 0.717) is 11.9 Å². The largest absolute Gasteiger partial charge is 0.424 e. The van der Waals surface area contributed by atoms with E-state index >= 15 is 0 Å². The summed E-state index contributed by atoms with van der Waals surface area (Å²) in [7, 11) is 0. The topological polar surface area (TPSA) is 51.0 Å².